The number of nitrogens with two attached hydrogens (primary N) is 1. The van der Waals surface area contributed by atoms with Gasteiger partial charge < -0.3 is 10.5 Å². The van der Waals surface area contributed by atoms with Crippen LogP contribution in [-0.2, 0) is 0 Å². The Morgan fingerprint density at radius 1 is 1.22 bits per heavy atom. The molecule has 1 aromatic rings. The zero-order valence-electron chi connectivity index (χ0n) is 5.29. The molecular weight excluding hydrogens is 115 g/mol. The van der Waals surface area contributed by atoms with Crippen LogP contribution in [0.5, 0.6) is 5.75 Å². The smallest absolute Gasteiger partial charge is 0.119 e. The summed E-state index contributed by atoms with van der Waals surface area (Å²) >= 11 is 0. The molecule has 0 saturated heterocycles. The minimum Gasteiger partial charge on any atom is -0.497 e. The molecule has 0 unspecified atom stereocenters. The van der Waals surface area contributed by atoms with E-state index in [9.17, 15) is 0 Å². The molecule has 0 aliphatic heterocycles. The summed E-state index contributed by atoms with van der Waals surface area (Å²) in [6.07, 6.45) is 0. The van der Waals surface area contributed by atoms with E-state index in [-0.39, 0.29) is 0 Å². The van der Waals surface area contributed by atoms with Crippen LogP contribution in [0.4, 0.5) is 5.69 Å². The van der Waals surface area contributed by atoms with Crippen molar-refractivity contribution in [1.82, 2.24) is 0 Å². The maximum Gasteiger partial charge on any atom is 0.119 e. The Bertz CT molecular complexity index is 181. The third-order valence-electron chi connectivity index (χ3n) is 1.12. The van der Waals surface area contributed by atoms with E-state index in [2.05, 4.69) is 0 Å². The molecule has 48 valence electrons. The Kier molecular flexibility index (Phi) is 1.58. The molecule has 0 aromatic heterocycles. The van der Waals surface area contributed by atoms with Crippen molar-refractivity contribution in [3.05, 3.63) is 24.3 Å². The Labute approximate surface area is 54.2 Å². The van der Waals surface area contributed by atoms with Gasteiger partial charge in [0.05, 0.1) is 7.11 Å². The third-order valence-corrected chi connectivity index (χ3v) is 1.12. The fourth-order valence-electron chi connectivity index (χ4n) is 0.604. The second kappa shape index (κ2) is 2.40. The van der Waals surface area contributed by atoms with Crippen LogP contribution < -0.4 is 10.5 Å². The van der Waals surface area contributed by atoms with E-state index in [1.54, 1.807) is 19.2 Å². The average molecular weight is 124 g/mol. The molecular formula is C7H9NO. The normalized spacial score (nSPS) is 9.00. The zero-order chi connectivity index (χ0) is 6.69. The van der Waals surface area contributed by atoms with Crippen LogP contribution in [0.2, 0.25) is 0 Å². The molecule has 0 fully saturated rings. The lowest BCUT2D eigenvalue weighted by molar-refractivity contribution is 0.415. The third kappa shape index (κ3) is 1.35. The van der Waals surface area contributed by atoms with E-state index in [1.807, 2.05) is 12.1 Å². The molecule has 0 spiro atoms. The number of hydrogen-bond donors (Lipinski definition) is 1. The highest BCUT2D eigenvalue weighted by Gasteiger charge is 1.85. The van der Waals surface area contributed by atoms with Gasteiger partial charge in [-0.05, 0) is 24.3 Å². The van der Waals surface area contributed by atoms with Crippen molar-refractivity contribution < 1.29 is 4.74 Å². The lowest BCUT2D eigenvalue weighted by Gasteiger charge is -1.97. The maximum absolute atomic E-state index is 5.43. The van der Waals surface area contributed by atoms with Gasteiger partial charge in [0.1, 0.15) is 5.75 Å². The molecule has 0 bridgehead atoms. The van der Waals surface area contributed by atoms with Crippen molar-refractivity contribution in [3.63, 3.8) is 0 Å². The lowest BCUT2D eigenvalue weighted by atomic mass is 10.3. The number of methoxy groups -OCH3 is 1. The summed E-state index contributed by atoms with van der Waals surface area (Å²) in [5.41, 5.74) is 6.19. The largest absolute Gasteiger partial charge is 0.497 e. The van der Waals surface area contributed by atoms with Crippen molar-refractivity contribution in [2.45, 2.75) is 0 Å². The number of hydrogen-bond acceptors (Lipinski definition) is 2. The summed E-state index contributed by atoms with van der Waals surface area (Å²) in [6, 6.07) is 7.27. The minimum atomic E-state index is 0.760. The Morgan fingerprint density at radius 2 is 1.78 bits per heavy atom. The van der Waals surface area contributed by atoms with Gasteiger partial charge in [-0.3, -0.25) is 0 Å². The van der Waals surface area contributed by atoms with Gasteiger partial charge in [0, 0.05) is 5.69 Å². The fourth-order valence-corrected chi connectivity index (χ4v) is 0.604. The number of anilines is 1. The first-order valence-electron chi connectivity index (χ1n) is 2.72. The van der Waals surface area contributed by atoms with Crippen LogP contribution in [-0.4, -0.2) is 7.11 Å². The summed E-state index contributed by atoms with van der Waals surface area (Å²) in [5, 5.41) is 0. The van der Waals surface area contributed by atoms with E-state index in [1.165, 1.54) is 0 Å². The molecule has 0 amide bonds. The highest BCUT2D eigenvalue weighted by molar-refractivity contribution is 5.41. The van der Waals surface area contributed by atoms with Gasteiger partial charge in [0.15, 0.2) is 0 Å². The topological polar surface area (TPSA) is 35.2 Å². The average Bonchev–Trinajstić information content (AvgIpc) is 1.90. The van der Waals surface area contributed by atoms with E-state index in [4.69, 9.17) is 10.5 Å². The van der Waals surface area contributed by atoms with E-state index < -0.39 is 0 Å². The Hall–Kier alpha value is -1.18. The van der Waals surface area contributed by atoms with Crippen LogP contribution in [0.3, 0.4) is 0 Å². The van der Waals surface area contributed by atoms with Gasteiger partial charge in [-0.2, -0.15) is 0 Å². The molecule has 0 heterocycles. The highest BCUT2D eigenvalue weighted by atomic mass is 16.5. The summed E-state index contributed by atoms with van der Waals surface area (Å²) in [7, 11) is 1.63. The maximum atomic E-state index is 5.43. The zero-order valence-corrected chi connectivity index (χ0v) is 5.29. The van der Waals surface area contributed by atoms with Crippen LogP contribution in [0.1, 0.15) is 0 Å². The summed E-state index contributed by atoms with van der Waals surface area (Å²) in [6.45, 7) is 0. The van der Waals surface area contributed by atoms with Crippen molar-refractivity contribution in [3.8, 4) is 5.75 Å². The van der Waals surface area contributed by atoms with Gasteiger partial charge in [-0.25, -0.2) is 0 Å². The van der Waals surface area contributed by atoms with Crippen LogP contribution in [0.15, 0.2) is 24.3 Å². The Balaban J connectivity index is 2.88. The molecule has 0 saturated carbocycles. The highest BCUT2D eigenvalue weighted by Crippen LogP contribution is 2.11. The number of ether oxygens (including phenoxy) is 1. The van der Waals surface area contributed by atoms with Crippen LogP contribution in [0.25, 0.3) is 0 Å². The molecule has 9 heavy (non-hydrogen) atoms. The first kappa shape index (κ1) is 5.95. The minimum absolute atomic E-state index is 0.760. The summed E-state index contributed by atoms with van der Waals surface area (Å²) in [5.74, 6) is 0.837. The van der Waals surface area contributed by atoms with Gasteiger partial charge in [-0.15, -0.1) is 0 Å². The van der Waals surface area contributed by atoms with Crippen molar-refractivity contribution in [2.75, 3.05) is 12.8 Å². The van der Waals surface area contributed by atoms with Gasteiger partial charge in [0.2, 0.25) is 0 Å². The molecule has 0 atom stereocenters. The molecule has 2 N–H and O–H groups in total. The van der Waals surface area contributed by atoms with Crippen LogP contribution >= 0.6 is 0 Å². The Morgan fingerprint density at radius 3 is 2.22 bits per heavy atom. The van der Waals surface area contributed by atoms with Crippen molar-refractivity contribution in [1.29, 1.82) is 0 Å². The lowest BCUT2D eigenvalue weighted by Crippen LogP contribution is -1.84. The predicted octanol–water partition coefficient (Wildman–Crippen LogP) is 1.28. The summed E-state index contributed by atoms with van der Waals surface area (Å²) in [4.78, 5) is 0. The van der Waals surface area contributed by atoms with Crippen LogP contribution in [0, 0.1) is 0 Å². The first-order valence-corrected chi connectivity index (χ1v) is 2.72. The van der Waals surface area contributed by atoms with Crippen molar-refractivity contribution >= 4 is 5.69 Å². The SMILES string of the molecule is COc1ccc([15NH2])cc1. The van der Waals surface area contributed by atoms with Gasteiger partial charge in [0.25, 0.3) is 0 Å². The van der Waals surface area contributed by atoms with E-state index in [0.717, 1.165) is 11.4 Å². The number of benzene rings is 1. The number of rotatable bonds is 1. The van der Waals surface area contributed by atoms with E-state index in [0.29, 0.717) is 0 Å². The molecule has 2 heteroatoms. The first-order chi connectivity index (χ1) is 4.33. The predicted molar refractivity (Wildman–Crippen MR) is 37.4 cm³/mol. The second-order valence-electron chi connectivity index (χ2n) is 1.77. The van der Waals surface area contributed by atoms with E-state index >= 15 is 0 Å². The molecule has 0 aliphatic carbocycles. The molecule has 0 aliphatic rings. The summed E-state index contributed by atoms with van der Waals surface area (Å²) < 4.78 is 4.91. The molecule has 2 nitrogen and oxygen atoms in total. The van der Waals surface area contributed by atoms with Gasteiger partial charge >= 0.3 is 0 Å². The molecule has 1 aromatic carbocycles. The van der Waals surface area contributed by atoms with Gasteiger partial charge in [-0.1, -0.05) is 0 Å². The standard InChI is InChI=1S/C7H9NO/c1-9-7-4-2-6(8)3-5-7/h2-5H,8H2,1H3/i8+1. The quantitative estimate of drug-likeness (QED) is 0.452. The monoisotopic (exact) mass is 124 g/mol. The molecule has 0 radical (unpaired) electrons. The molecule has 1 rings (SSSR count). The second-order valence-corrected chi connectivity index (χ2v) is 1.77. The van der Waals surface area contributed by atoms with Crippen molar-refractivity contribution in [2.24, 2.45) is 0 Å². The number of nitrogen functional groups attached to an aromatic ring is 1. The fraction of sp³-hybridized carbons (Fsp3) is 0.143.